The molecular formula is C23H18O7. The Morgan fingerprint density at radius 3 is 2.53 bits per heavy atom. The first-order valence-corrected chi connectivity index (χ1v) is 9.17. The van der Waals surface area contributed by atoms with Crippen LogP contribution in [-0.4, -0.2) is 13.1 Å². The van der Waals surface area contributed by atoms with E-state index in [1.165, 1.54) is 19.2 Å². The summed E-state index contributed by atoms with van der Waals surface area (Å²) < 4.78 is 26.8. The molecule has 0 radical (unpaired) electrons. The monoisotopic (exact) mass is 406 g/mol. The third kappa shape index (κ3) is 4.35. The maximum Gasteiger partial charge on any atom is 0.374 e. The highest BCUT2D eigenvalue weighted by Crippen LogP contribution is 2.23. The van der Waals surface area contributed by atoms with Gasteiger partial charge in [0.1, 0.15) is 36.1 Å². The lowest BCUT2D eigenvalue weighted by Crippen LogP contribution is -2.07. The van der Waals surface area contributed by atoms with Crippen LogP contribution in [0.4, 0.5) is 0 Å². The Hall–Kier alpha value is -4.00. The first kappa shape index (κ1) is 19.3. The molecule has 4 rings (SSSR count). The van der Waals surface area contributed by atoms with Crippen molar-refractivity contribution in [2.45, 2.75) is 13.2 Å². The van der Waals surface area contributed by atoms with E-state index in [0.29, 0.717) is 33.8 Å². The summed E-state index contributed by atoms with van der Waals surface area (Å²) in [5.41, 5.74) is 0.336. The molecule has 0 unspecified atom stereocenters. The number of benzene rings is 2. The molecule has 0 atom stereocenters. The molecule has 0 aliphatic carbocycles. The SMILES string of the molecule is COc1ccc2c(COC(=O)c3ccc(COc4ccccc4)o3)cc(=O)oc2c1. The van der Waals surface area contributed by atoms with Crippen molar-refractivity contribution in [1.82, 2.24) is 0 Å². The van der Waals surface area contributed by atoms with Crippen molar-refractivity contribution in [3.05, 3.63) is 94.2 Å². The van der Waals surface area contributed by atoms with E-state index >= 15 is 0 Å². The van der Waals surface area contributed by atoms with Gasteiger partial charge in [-0.05, 0) is 36.4 Å². The van der Waals surface area contributed by atoms with Gasteiger partial charge in [-0.15, -0.1) is 0 Å². The molecule has 30 heavy (non-hydrogen) atoms. The lowest BCUT2D eigenvalue weighted by Gasteiger charge is -2.07. The molecule has 0 saturated heterocycles. The minimum absolute atomic E-state index is 0.0515. The number of ether oxygens (including phenoxy) is 3. The Kier molecular flexibility index (Phi) is 5.52. The molecule has 4 aromatic rings. The lowest BCUT2D eigenvalue weighted by molar-refractivity contribution is 0.0433. The van der Waals surface area contributed by atoms with Crippen molar-refractivity contribution in [2.24, 2.45) is 0 Å². The minimum atomic E-state index is -0.643. The number of esters is 1. The molecule has 0 aliphatic rings. The number of furan rings is 1. The summed E-state index contributed by atoms with van der Waals surface area (Å²) in [5, 5.41) is 0.652. The Morgan fingerprint density at radius 2 is 1.73 bits per heavy atom. The summed E-state index contributed by atoms with van der Waals surface area (Å²) in [4.78, 5) is 24.2. The quantitative estimate of drug-likeness (QED) is 0.333. The molecule has 2 aromatic heterocycles. The summed E-state index contributed by atoms with van der Waals surface area (Å²) in [5.74, 6) is 1.15. The van der Waals surface area contributed by atoms with Gasteiger partial charge in [0.2, 0.25) is 5.76 Å². The summed E-state index contributed by atoms with van der Waals surface area (Å²) in [7, 11) is 1.52. The van der Waals surface area contributed by atoms with Crippen LogP contribution in [0, 0.1) is 0 Å². The first-order valence-electron chi connectivity index (χ1n) is 9.17. The molecule has 152 valence electrons. The molecule has 2 heterocycles. The second-order valence-electron chi connectivity index (χ2n) is 6.40. The average Bonchev–Trinajstić information content (AvgIpc) is 3.25. The second kappa shape index (κ2) is 8.57. The van der Waals surface area contributed by atoms with E-state index in [-0.39, 0.29) is 19.0 Å². The van der Waals surface area contributed by atoms with Crippen LogP contribution in [-0.2, 0) is 18.0 Å². The number of methoxy groups -OCH3 is 1. The second-order valence-corrected chi connectivity index (χ2v) is 6.40. The van der Waals surface area contributed by atoms with Crippen LogP contribution < -0.4 is 15.1 Å². The van der Waals surface area contributed by atoms with E-state index in [9.17, 15) is 9.59 Å². The Bertz CT molecular complexity index is 1220. The van der Waals surface area contributed by atoms with Gasteiger partial charge in [-0.1, -0.05) is 18.2 Å². The fraction of sp³-hybridized carbons (Fsp3) is 0.130. The van der Waals surface area contributed by atoms with E-state index < -0.39 is 11.6 Å². The van der Waals surface area contributed by atoms with E-state index in [1.807, 2.05) is 30.3 Å². The largest absolute Gasteiger partial charge is 0.497 e. The number of hydrogen-bond donors (Lipinski definition) is 0. The standard InChI is InChI=1S/C23H18O7/c1-26-17-7-9-19-15(11-22(24)30-21(19)12-17)13-28-23(25)20-10-8-18(29-20)14-27-16-5-3-2-4-6-16/h2-12H,13-14H2,1H3. The Morgan fingerprint density at radius 1 is 0.900 bits per heavy atom. The van der Waals surface area contributed by atoms with E-state index in [1.54, 1.807) is 24.3 Å². The molecule has 0 spiro atoms. The maximum atomic E-state index is 12.3. The van der Waals surface area contributed by atoms with Crippen LogP contribution in [0.1, 0.15) is 21.9 Å². The van der Waals surface area contributed by atoms with Crippen LogP contribution in [0.3, 0.4) is 0 Å². The first-order chi connectivity index (χ1) is 14.6. The van der Waals surface area contributed by atoms with Gasteiger partial charge in [0.05, 0.1) is 7.11 Å². The average molecular weight is 406 g/mol. The van der Waals surface area contributed by atoms with Gasteiger partial charge in [0.25, 0.3) is 0 Å². The van der Waals surface area contributed by atoms with Crippen molar-refractivity contribution in [3.8, 4) is 11.5 Å². The van der Waals surface area contributed by atoms with Gasteiger partial charge in [0, 0.05) is 23.1 Å². The normalized spacial score (nSPS) is 10.7. The van der Waals surface area contributed by atoms with Crippen LogP contribution in [0.5, 0.6) is 11.5 Å². The number of fused-ring (bicyclic) bond motifs is 1. The number of rotatable bonds is 7. The smallest absolute Gasteiger partial charge is 0.374 e. The van der Waals surface area contributed by atoms with Crippen LogP contribution in [0.2, 0.25) is 0 Å². The molecular weight excluding hydrogens is 388 g/mol. The molecule has 0 N–H and O–H groups in total. The van der Waals surface area contributed by atoms with Crippen molar-refractivity contribution in [2.75, 3.05) is 7.11 Å². The highest BCUT2D eigenvalue weighted by molar-refractivity contribution is 5.87. The van der Waals surface area contributed by atoms with E-state index in [0.717, 1.165) is 0 Å². The molecule has 0 saturated carbocycles. The van der Waals surface area contributed by atoms with Crippen molar-refractivity contribution < 1.29 is 27.8 Å². The van der Waals surface area contributed by atoms with Gasteiger partial charge in [-0.3, -0.25) is 0 Å². The zero-order chi connectivity index (χ0) is 20.9. The van der Waals surface area contributed by atoms with Crippen LogP contribution in [0.25, 0.3) is 11.0 Å². The topological polar surface area (TPSA) is 88.1 Å². The van der Waals surface area contributed by atoms with E-state index in [4.69, 9.17) is 23.0 Å². The highest BCUT2D eigenvalue weighted by atomic mass is 16.5. The van der Waals surface area contributed by atoms with Gasteiger partial charge in [-0.2, -0.15) is 0 Å². The number of carbonyl (C=O) groups excluding carboxylic acids is 1. The number of carbonyl (C=O) groups is 1. The van der Waals surface area contributed by atoms with Gasteiger partial charge < -0.3 is 23.0 Å². The molecule has 0 aliphatic heterocycles. The summed E-state index contributed by atoms with van der Waals surface area (Å²) in [6.07, 6.45) is 0. The predicted molar refractivity (Wildman–Crippen MR) is 108 cm³/mol. The Balaban J connectivity index is 1.43. The van der Waals surface area contributed by atoms with E-state index in [2.05, 4.69) is 0 Å². The predicted octanol–water partition coefficient (Wildman–Crippen LogP) is 4.33. The lowest BCUT2D eigenvalue weighted by atomic mass is 10.1. The van der Waals surface area contributed by atoms with Gasteiger partial charge in [-0.25, -0.2) is 9.59 Å². The molecule has 7 heteroatoms. The maximum absolute atomic E-state index is 12.3. The molecule has 0 amide bonds. The fourth-order valence-electron chi connectivity index (χ4n) is 2.91. The zero-order valence-electron chi connectivity index (χ0n) is 16.1. The highest BCUT2D eigenvalue weighted by Gasteiger charge is 2.15. The third-order valence-electron chi connectivity index (χ3n) is 4.38. The minimum Gasteiger partial charge on any atom is -0.497 e. The third-order valence-corrected chi connectivity index (χ3v) is 4.38. The molecule has 0 bridgehead atoms. The fourth-order valence-corrected chi connectivity index (χ4v) is 2.91. The van der Waals surface area contributed by atoms with Gasteiger partial charge in [0.15, 0.2) is 0 Å². The van der Waals surface area contributed by atoms with Crippen LogP contribution in [0.15, 0.2) is 80.4 Å². The van der Waals surface area contributed by atoms with Crippen LogP contribution >= 0.6 is 0 Å². The van der Waals surface area contributed by atoms with Crippen molar-refractivity contribution >= 4 is 16.9 Å². The van der Waals surface area contributed by atoms with Gasteiger partial charge >= 0.3 is 11.6 Å². The number of para-hydroxylation sites is 1. The van der Waals surface area contributed by atoms with Crippen molar-refractivity contribution in [3.63, 3.8) is 0 Å². The molecule has 0 fully saturated rings. The Labute approximate surface area is 171 Å². The van der Waals surface area contributed by atoms with Crippen molar-refractivity contribution in [1.29, 1.82) is 0 Å². The summed E-state index contributed by atoms with van der Waals surface area (Å²) in [6, 6.07) is 18.8. The zero-order valence-corrected chi connectivity index (χ0v) is 16.1. The summed E-state index contributed by atoms with van der Waals surface area (Å²) >= 11 is 0. The summed E-state index contributed by atoms with van der Waals surface area (Å²) in [6.45, 7) is 0.0767. The molecule has 2 aromatic carbocycles. The number of hydrogen-bond acceptors (Lipinski definition) is 7. The molecule has 7 nitrogen and oxygen atoms in total.